The lowest BCUT2D eigenvalue weighted by molar-refractivity contribution is -0.136. The van der Waals surface area contributed by atoms with Crippen LogP contribution in [0.15, 0.2) is 42.5 Å². The van der Waals surface area contributed by atoms with Crippen molar-refractivity contribution in [3.8, 4) is 10.6 Å². The minimum absolute atomic E-state index is 0.384. The Morgan fingerprint density at radius 3 is 2.28 bits per heavy atom. The average Bonchev–Trinajstić information content (AvgIpc) is 3.06. The van der Waals surface area contributed by atoms with Crippen molar-refractivity contribution in [2.75, 3.05) is 11.9 Å². The fourth-order valence-electron chi connectivity index (χ4n) is 3.28. The van der Waals surface area contributed by atoms with Crippen LogP contribution >= 0.6 is 11.3 Å². The molecule has 0 fully saturated rings. The van der Waals surface area contributed by atoms with Crippen LogP contribution in [0.2, 0.25) is 0 Å². The zero-order valence-corrected chi connectivity index (χ0v) is 17.9. The highest BCUT2D eigenvalue weighted by Crippen LogP contribution is 2.27. The number of aryl methyl sites for hydroxylation is 4. The number of carbonyl (C=O) groups excluding carboxylic acids is 2. The summed E-state index contributed by atoms with van der Waals surface area (Å²) in [4.78, 5) is 30.2. The Hall–Kier alpha value is -2.99. The van der Waals surface area contributed by atoms with Gasteiger partial charge in [-0.3, -0.25) is 9.59 Å². The number of hydrogen-bond donors (Lipinski definition) is 2. The fourth-order valence-corrected chi connectivity index (χ4v) is 4.35. The summed E-state index contributed by atoms with van der Waals surface area (Å²) in [6.07, 6.45) is 0.637. The summed E-state index contributed by atoms with van der Waals surface area (Å²) in [5.41, 5.74) is 5.74. The quantitative estimate of drug-likeness (QED) is 0.618. The number of hydrogen-bond acceptors (Lipinski definition) is 4. The van der Waals surface area contributed by atoms with Gasteiger partial charge in [0.25, 0.3) is 0 Å². The third kappa shape index (κ3) is 5.09. The first-order valence-electron chi connectivity index (χ1n) is 9.54. The van der Waals surface area contributed by atoms with Crippen LogP contribution in [0.3, 0.4) is 0 Å². The molecule has 0 bridgehead atoms. The van der Waals surface area contributed by atoms with Crippen molar-refractivity contribution in [1.82, 2.24) is 10.3 Å². The number of nitrogens with zero attached hydrogens (tertiary/aromatic N) is 1. The monoisotopic (exact) mass is 407 g/mol. The molecule has 2 N–H and O–H groups in total. The number of carbonyl (C=O) groups is 2. The highest BCUT2D eigenvalue weighted by atomic mass is 32.1. The maximum atomic E-state index is 12.3. The van der Waals surface area contributed by atoms with Crippen LogP contribution in [0.25, 0.3) is 10.6 Å². The van der Waals surface area contributed by atoms with Gasteiger partial charge in [0.2, 0.25) is 0 Å². The van der Waals surface area contributed by atoms with E-state index in [0.29, 0.717) is 18.7 Å². The zero-order valence-electron chi connectivity index (χ0n) is 17.1. The highest BCUT2D eigenvalue weighted by Gasteiger charge is 2.16. The van der Waals surface area contributed by atoms with Crippen molar-refractivity contribution in [1.29, 1.82) is 0 Å². The molecule has 0 saturated heterocycles. The van der Waals surface area contributed by atoms with Gasteiger partial charge in [0.15, 0.2) is 0 Å². The van der Waals surface area contributed by atoms with Gasteiger partial charge < -0.3 is 10.6 Å². The molecular weight excluding hydrogens is 382 g/mol. The molecule has 0 saturated carbocycles. The first kappa shape index (κ1) is 20.7. The molecule has 6 heteroatoms. The van der Waals surface area contributed by atoms with Gasteiger partial charge in [-0.2, -0.15) is 0 Å². The van der Waals surface area contributed by atoms with Crippen LogP contribution in [0.1, 0.15) is 27.3 Å². The number of rotatable bonds is 5. The Morgan fingerprint density at radius 1 is 0.966 bits per heavy atom. The largest absolute Gasteiger partial charge is 0.347 e. The Labute approximate surface area is 175 Å². The third-order valence-electron chi connectivity index (χ3n) is 4.67. The highest BCUT2D eigenvalue weighted by molar-refractivity contribution is 7.15. The normalized spacial score (nSPS) is 10.6. The number of nitrogens with one attached hydrogen (secondary N) is 2. The average molecular weight is 408 g/mol. The summed E-state index contributed by atoms with van der Waals surface area (Å²) in [6.45, 7) is 8.20. The van der Waals surface area contributed by atoms with Crippen molar-refractivity contribution in [3.63, 3.8) is 0 Å². The van der Waals surface area contributed by atoms with Gasteiger partial charge in [-0.1, -0.05) is 48.0 Å². The molecular formula is C23H25N3O2S. The molecule has 2 amide bonds. The number of benzene rings is 2. The Kier molecular flexibility index (Phi) is 6.44. The first-order chi connectivity index (χ1) is 13.8. The third-order valence-corrected chi connectivity index (χ3v) is 5.94. The smallest absolute Gasteiger partial charge is 0.313 e. The summed E-state index contributed by atoms with van der Waals surface area (Å²) in [5.74, 6) is -1.28. The summed E-state index contributed by atoms with van der Waals surface area (Å²) in [6, 6.07) is 14.0. The second kappa shape index (κ2) is 9.01. The molecule has 1 heterocycles. The minimum Gasteiger partial charge on any atom is -0.347 e. The Balaban J connectivity index is 1.56. The summed E-state index contributed by atoms with van der Waals surface area (Å²) in [5, 5.41) is 6.40. The summed E-state index contributed by atoms with van der Waals surface area (Å²) >= 11 is 1.62. The van der Waals surface area contributed by atoms with E-state index in [1.54, 1.807) is 11.3 Å². The van der Waals surface area contributed by atoms with Crippen LogP contribution in [0.5, 0.6) is 0 Å². The SMILES string of the molecule is Cc1cc(C)c(NC(=O)C(=O)NCCc2sc(-c3ccccc3)nc2C)c(C)c1. The van der Waals surface area contributed by atoms with Crippen molar-refractivity contribution < 1.29 is 9.59 Å². The number of aromatic nitrogens is 1. The van der Waals surface area contributed by atoms with E-state index in [2.05, 4.69) is 15.6 Å². The molecule has 0 aliphatic heterocycles. The van der Waals surface area contributed by atoms with Gasteiger partial charge >= 0.3 is 11.8 Å². The van der Waals surface area contributed by atoms with E-state index in [-0.39, 0.29) is 0 Å². The maximum absolute atomic E-state index is 12.3. The van der Waals surface area contributed by atoms with Crippen molar-refractivity contribution in [3.05, 3.63) is 69.7 Å². The molecule has 0 spiro atoms. The van der Waals surface area contributed by atoms with E-state index in [9.17, 15) is 9.59 Å². The van der Waals surface area contributed by atoms with E-state index in [1.165, 1.54) is 0 Å². The van der Waals surface area contributed by atoms with Crippen molar-refractivity contribution in [2.45, 2.75) is 34.1 Å². The zero-order chi connectivity index (χ0) is 21.0. The predicted octanol–water partition coefficient (Wildman–Crippen LogP) is 4.34. The number of thiazole rings is 1. The molecule has 5 nitrogen and oxygen atoms in total. The molecule has 3 rings (SSSR count). The predicted molar refractivity (Wildman–Crippen MR) is 118 cm³/mol. The molecule has 0 radical (unpaired) electrons. The van der Waals surface area contributed by atoms with Crippen LogP contribution in [-0.4, -0.2) is 23.3 Å². The number of amides is 2. The molecule has 0 atom stereocenters. The van der Waals surface area contributed by atoms with E-state index >= 15 is 0 Å². The van der Waals surface area contributed by atoms with Gasteiger partial charge in [0.05, 0.1) is 5.69 Å². The fraction of sp³-hybridized carbons (Fsp3) is 0.261. The Bertz CT molecular complexity index is 1020. The maximum Gasteiger partial charge on any atom is 0.313 e. The topological polar surface area (TPSA) is 71.1 Å². The minimum atomic E-state index is -0.647. The second-order valence-corrected chi connectivity index (χ2v) is 8.21. The van der Waals surface area contributed by atoms with E-state index in [1.807, 2.05) is 70.2 Å². The van der Waals surface area contributed by atoms with E-state index in [0.717, 1.165) is 37.8 Å². The molecule has 0 aliphatic rings. The molecule has 0 unspecified atom stereocenters. The molecule has 3 aromatic rings. The van der Waals surface area contributed by atoms with E-state index in [4.69, 9.17) is 0 Å². The summed E-state index contributed by atoms with van der Waals surface area (Å²) in [7, 11) is 0. The lowest BCUT2D eigenvalue weighted by atomic mass is 10.1. The van der Waals surface area contributed by atoms with E-state index < -0.39 is 11.8 Å². The van der Waals surface area contributed by atoms with Crippen LogP contribution < -0.4 is 10.6 Å². The van der Waals surface area contributed by atoms with Gasteiger partial charge in [0, 0.05) is 29.1 Å². The van der Waals surface area contributed by atoms with Gasteiger partial charge in [0.1, 0.15) is 5.01 Å². The molecule has 0 aliphatic carbocycles. The van der Waals surface area contributed by atoms with Gasteiger partial charge in [-0.25, -0.2) is 4.98 Å². The lowest BCUT2D eigenvalue weighted by Gasteiger charge is -2.12. The molecule has 1 aromatic heterocycles. The van der Waals surface area contributed by atoms with Crippen molar-refractivity contribution in [2.24, 2.45) is 0 Å². The molecule has 2 aromatic carbocycles. The van der Waals surface area contributed by atoms with Crippen LogP contribution in [0.4, 0.5) is 5.69 Å². The molecule has 150 valence electrons. The Morgan fingerprint density at radius 2 is 1.62 bits per heavy atom. The summed E-state index contributed by atoms with van der Waals surface area (Å²) < 4.78 is 0. The van der Waals surface area contributed by atoms with Crippen LogP contribution in [-0.2, 0) is 16.0 Å². The second-order valence-electron chi connectivity index (χ2n) is 7.13. The lowest BCUT2D eigenvalue weighted by Crippen LogP contribution is -2.36. The van der Waals surface area contributed by atoms with Crippen molar-refractivity contribution >= 4 is 28.8 Å². The van der Waals surface area contributed by atoms with Gasteiger partial charge in [-0.15, -0.1) is 11.3 Å². The first-order valence-corrected chi connectivity index (χ1v) is 10.4. The van der Waals surface area contributed by atoms with Crippen LogP contribution in [0, 0.1) is 27.7 Å². The number of anilines is 1. The standard InChI is InChI=1S/C23H25N3O2S/c1-14-12-15(2)20(16(3)13-14)26-22(28)21(27)24-11-10-19-17(4)25-23(29-19)18-8-6-5-7-9-18/h5-9,12-13H,10-11H2,1-4H3,(H,24,27)(H,26,28). The molecule has 29 heavy (non-hydrogen) atoms. The van der Waals surface area contributed by atoms with Gasteiger partial charge in [-0.05, 0) is 38.8 Å².